The van der Waals surface area contributed by atoms with E-state index in [0.717, 1.165) is 22.4 Å². The summed E-state index contributed by atoms with van der Waals surface area (Å²) in [7, 11) is 0. The highest BCUT2D eigenvalue weighted by molar-refractivity contribution is 5.88. The van der Waals surface area contributed by atoms with Crippen molar-refractivity contribution >= 4 is 11.9 Å². The van der Waals surface area contributed by atoms with Crippen molar-refractivity contribution in [2.45, 2.75) is 13.3 Å². The first-order chi connectivity index (χ1) is 12.0. The number of H-pyrrole nitrogens is 1. The Morgan fingerprint density at radius 2 is 1.72 bits per heavy atom. The lowest BCUT2D eigenvalue weighted by molar-refractivity contribution is 0.0681. The maximum Gasteiger partial charge on any atom is 0.356 e. The van der Waals surface area contributed by atoms with Crippen LogP contribution >= 0.6 is 0 Å². The van der Waals surface area contributed by atoms with E-state index in [1.165, 1.54) is 0 Å². The Balaban J connectivity index is 1.91. The highest BCUT2D eigenvalue weighted by Crippen LogP contribution is 2.23. The molecule has 0 aliphatic rings. The number of carbonyl (C=O) groups is 2. The maximum atomic E-state index is 11.3. The number of nitrogens with zero attached hydrogens (tertiary/aromatic N) is 1. The second kappa shape index (κ2) is 6.60. The van der Waals surface area contributed by atoms with Gasteiger partial charge >= 0.3 is 11.9 Å². The molecule has 3 rings (SSSR count). The van der Waals surface area contributed by atoms with Crippen molar-refractivity contribution in [3.8, 4) is 11.1 Å². The van der Waals surface area contributed by atoms with Crippen molar-refractivity contribution < 1.29 is 19.8 Å². The zero-order chi connectivity index (χ0) is 18.0. The van der Waals surface area contributed by atoms with Crippen molar-refractivity contribution in [2.24, 2.45) is 0 Å². The number of aromatic carboxylic acids is 2. The molecule has 0 bridgehead atoms. The molecular formula is C19H16N2O4. The number of rotatable bonds is 5. The summed E-state index contributed by atoms with van der Waals surface area (Å²) >= 11 is 0. The van der Waals surface area contributed by atoms with E-state index < -0.39 is 11.9 Å². The number of benzene rings is 2. The third kappa shape index (κ3) is 3.42. The van der Waals surface area contributed by atoms with Crippen LogP contribution in [0.15, 0.2) is 48.5 Å². The van der Waals surface area contributed by atoms with Gasteiger partial charge in [0.15, 0.2) is 5.69 Å². The smallest absolute Gasteiger partial charge is 0.356 e. The fourth-order valence-corrected chi connectivity index (χ4v) is 2.72. The van der Waals surface area contributed by atoms with Crippen molar-refractivity contribution in [3.05, 3.63) is 76.6 Å². The van der Waals surface area contributed by atoms with E-state index in [4.69, 9.17) is 5.11 Å². The molecule has 0 amide bonds. The Hall–Kier alpha value is -3.41. The summed E-state index contributed by atoms with van der Waals surface area (Å²) in [6, 6.07) is 14.4. The van der Waals surface area contributed by atoms with E-state index in [-0.39, 0.29) is 11.3 Å². The highest BCUT2D eigenvalue weighted by atomic mass is 16.4. The van der Waals surface area contributed by atoms with Gasteiger partial charge in [-0.1, -0.05) is 36.4 Å². The van der Waals surface area contributed by atoms with Crippen molar-refractivity contribution in [1.29, 1.82) is 0 Å². The van der Waals surface area contributed by atoms with Crippen LogP contribution in [0.5, 0.6) is 0 Å². The predicted molar refractivity (Wildman–Crippen MR) is 91.9 cm³/mol. The molecule has 0 saturated heterocycles. The number of carboxylic acids is 2. The SMILES string of the molecule is Cc1[nH]nc(C(=O)O)c1Cc1cccc(-c2ccc(C(=O)O)cc2)c1. The molecule has 6 heteroatoms. The van der Waals surface area contributed by atoms with Crippen LogP contribution in [-0.2, 0) is 6.42 Å². The fraction of sp³-hybridized carbons (Fsp3) is 0.105. The number of carboxylic acid groups (broad SMARTS) is 2. The highest BCUT2D eigenvalue weighted by Gasteiger charge is 2.17. The average Bonchev–Trinajstić information content (AvgIpc) is 2.96. The molecule has 0 radical (unpaired) electrons. The van der Waals surface area contributed by atoms with Crippen molar-refractivity contribution in [2.75, 3.05) is 0 Å². The van der Waals surface area contributed by atoms with Gasteiger partial charge in [-0.2, -0.15) is 5.10 Å². The second-order valence-electron chi connectivity index (χ2n) is 5.74. The zero-order valence-corrected chi connectivity index (χ0v) is 13.5. The summed E-state index contributed by atoms with van der Waals surface area (Å²) < 4.78 is 0. The standard InChI is InChI=1S/C19H16N2O4/c1-11-16(17(19(24)25)21-20-11)10-12-3-2-4-15(9-12)13-5-7-14(8-6-13)18(22)23/h2-9H,10H2,1H3,(H,20,21)(H,22,23)(H,24,25). The van der Waals surface area contributed by atoms with Crippen molar-refractivity contribution in [3.63, 3.8) is 0 Å². The Morgan fingerprint density at radius 1 is 1.00 bits per heavy atom. The third-order valence-corrected chi connectivity index (χ3v) is 4.05. The molecule has 0 fully saturated rings. The van der Waals surface area contributed by atoms with Gasteiger partial charge in [0.25, 0.3) is 0 Å². The Morgan fingerprint density at radius 3 is 2.36 bits per heavy atom. The molecule has 0 saturated carbocycles. The van der Waals surface area contributed by atoms with Crippen LogP contribution in [0, 0.1) is 6.92 Å². The van der Waals surface area contributed by atoms with E-state index >= 15 is 0 Å². The summed E-state index contributed by atoms with van der Waals surface area (Å²) in [5.41, 5.74) is 4.45. The summed E-state index contributed by atoms with van der Waals surface area (Å²) in [5, 5.41) is 24.8. The van der Waals surface area contributed by atoms with Gasteiger partial charge < -0.3 is 10.2 Å². The largest absolute Gasteiger partial charge is 0.478 e. The number of aromatic amines is 1. The molecule has 6 nitrogen and oxygen atoms in total. The number of hydrogen-bond acceptors (Lipinski definition) is 3. The lowest BCUT2D eigenvalue weighted by Gasteiger charge is -2.07. The Labute approximate surface area is 143 Å². The number of aryl methyl sites for hydroxylation is 1. The first-order valence-electron chi connectivity index (χ1n) is 7.65. The summed E-state index contributed by atoms with van der Waals surface area (Å²) in [6.07, 6.45) is 0.449. The van der Waals surface area contributed by atoms with Crippen LogP contribution in [-0.4, -0.2) is 32.3 Å². The van der Waals surface area contributed by atoms with Crippen LogP contribution in [0.3, 0.4) is 0 Å². The molecule has 0 aliphatic carbocycles. The van der Waals surface area contributed by atoms with E-state index in [2.05, 4.69) is 10.2 Å². The molecule has 0 unspecified atom stereocenters. The molecule has 25 heavy (non-hydrogen) atoms. The zero-order valence-electron chi connectivity index (χ0n) is 13.5. The summed E-state index contributed by atoms with van der Waals surface area (Å²) in [5.74, 6) is -2.02. The third-order valence-electron chi connectivity index (χ3n) is 4.05. The van der Waals surface area contributed by atoms with Gasteiger partial charge in [0.1, 0.15) is 0 Å². The molecule has 3 aromatic rings. The van der Waals surface area contributed by atoms with Gasteiger partial charge in [0.05, 0.1) is 5.56 Å². The van der Waals surface area contributed by atoms with Crippen LogP contribution in [0.1, 0.15) is 37.7 Å². The maximum absolute atomic E-state index is 11.3. The first-order valence-corrected chi connectivity index (χ1v) is 7.65. The van der Waals surface area contributed by atoms with Gasteiger partial charge in [-0.15, -0.1) is 0 Å². The minimum Gasteiger partial charge on any atom is -0.478 e. The Bertz CT molecular complexity index is 942. The van der Waals surface area contributed by atoms with Crippen molar-refractivity contribution in [1.82, 2.24) is 10.2 Å². The average molecular weight is 336 g/mol. The fourth-order valence-electron chi connectivity index (χ4n) is 2.72. The Kier molecular flexibility index (Phi) is 4.35. The van der Waals surface area contributed by atoms with Crippen LogP contribution in [0.2, 0.25) is 0 Å². The summed E-state index contributed by atoms with van der Waals surface area (Å²) in [4.78, 5) is 22.2. The molecule has 1 aromatic heterocycles. The molecule has 0 atom stereocenters. The topological polar surface area (TPSA) is 103 Å². The lowest BCUT2D eigenvalue weighted by atomic mass is 9.97. The lowest BCUT2D eigenvalue weighted by Crippen LogP contribution is -2.02. The van der Waals surface area contributed by atoms with E-state index in [0.29, 0.717) is 12.0 Å². The van der Waals surface area contributed by atoms with Gasteiger partial charge in [-0.3, -0.25) is 5.10 Å². The molecule has 126 valence electrons. The van der Waals surface area contributed by atoms with Gasteiger partial charge in [-0.05, 0) is 35.7 Å². The first kappa shape index (κ1) is 16.4. The van der Waals surface area contributed by atoms with E-state index in [1.807, 2.05) is 24.3 Å². The minimum atomic E-state index is -1.06. The van der Waals surface area contributed by atoms with Crippen LogP contribution in [0.25, 0.3) is 11.1 Å². The molecule has 0 aliphatic heterocycles. The predicted octanol–water partition coefficient (Wildman–Crippen LogP) is 3.37. The number of nitrogens with one attached hydrogen (secondary N) is 1. The number of hydrogen-bond donors (Lipinski definition) is 3. The number of aromatic nitrogens is 2. The van der Waals surface area contributed by atoms with E-state index in [1.54, 1.807) is 31.2 Å². The summed E-state index contributed by atoms with van der Waals surface area (Å²) in [6.45, 7) is 1.79. The molecular weight excluding hydrogens is 320 g/mol. The van der Waals surface area contributed by atoms with Crippen LogP contribution in [0.4, 0.5) is 0 Å². The monoisotopic (exact) mass is 336 g/mol. The molecule has 3 N–H and O–H groups in total. The minimum absolute atomic E-state index is 0.0358. The molecule has 1 heterocycles. The molecule has 0 spiro atoms. The quantitative estimate of drug-likeness (QED) is 0.663. The second-order valence-corrected chi connectivity index (χ2v) is 5.74. The van der Waals surface area contributed by atoms with Gasteiger partial charge in [-0.25, -0.2) is 9.59 Å². The van der Waals surface area contributed by atoms with Crippen LogP contribution < -0.4 is 0 Å². The normalized spacial score (nSPS) is 10.6. The molecule has 2 aromatic carbocycles. The van der Waals surface area contributed by atoms with E-state index in [9.17, 15) is 14.7 Å². The van der Waals surface area contributed by atoms with Gasteiger partial charge in [0.2, 0.25) is 0 Å². The van der Waals surface area contributed by atoms with Gasteiger partial charge in [0, 0.05) is 17.7 Å².